The van der Waals surface area contributed by atoms with Crippen LogP contribution in [-0.2, 0) is 13.0 Å². The number of anilines is 3. The van der Waals surface area contributed by atoms with E-state index >= 15 is 0 Å². The number of nitrogens with one attached hydrogen (secondary N) is 1. The first kappa shape index (κ1) is 23.9. The van der Waals surface area contributed by atoms with E-state index in [2.05, 4.69) is 61.5 Å². The predicted octanol–water partition coefficient (Wildman–Crippen LogP) is 3.45. The van der Waals surface area contributed by atoms with E-state index in [0.717, 1.165) is 44.7 Å². The normalized spacial score (nSPS) is 22.1. The van der Waals surface area contributed by atoms with Gasteiger partial charge in [-0.15, -0.1) is 0 Å². The number of aromatic nitrogens is 2. The average molecular weight is 499 g/mol. The van der Waals surface area contributed by atoms with E-state index in [-0.39, 0.29) is 11.9 Å². The SMILES string of the molecule is O=C(c1cc(Nc2cccc(N3CCCC3)c2)ncn1)N1CC[C@@H](N2CCc3ccccc3C2)[C@H](O)C1. The minimum atomic E-state index is -0.587. The minimum Gasteiger partial charge on any atom is -0.390 e. The van der Waals surface area contributed by atoms with E-state index < -0.39 is 6.10 Å². The van der Waals surface area contributed by atoms with Gasteiger partial charge in [-0.05, 0) is 55.0 Å². The third kappa shape index (κ3) is 5.17. The molecule has 6 rings (SSSR count). The van der Waals surface area contributed by atoms with Crippen molar-refractivity contribution in [2.75, 3.05) is 42.9 Å². The zero-order valence-electron chi connectivity index (χ0n) is 21.1. The van der Waals surface area contributed by atoms with Gasteiger partial charge in [-0.3, -0.25) is 9.69 Å². The molecular weight excluding hydrogens is 464 g/mol. The first-order valence-electron chi connectivity index (χ1n) is 13.4. The zero-order chi connectivity index (χ0) is 25.2. The summed E-state index contributed by atoms with van der Waals surface area (Å²) in [5.41, 5.74) is 5.21. The fraction of sp³-hybridized carbons (Fsp3) is 0.414. The molecule has 3 aliphatic rings. The summed E-state index contributed by atoms with van der Waals surface area (Å²) in [6.45, 7) is 4.88. The summed E-state index contributed by atoms with van der Waals surface area (Å²) in [5.74, 6) is 0.414. The summed E-state index contributed by atoms with van der Waals surface area (Å²) in [6, 6.07) is 18.6. The zero-order valence-corrected chi connectivity index (χ0v) is 21.1. The maximum atomic E-state index is 13.3. The molecule has 8 heteroatoms. The number of benzene rings is 2. The molecule has 0 aliphatic carbocycles. The maximum absolute atomic E-state index is 13.3. The lowest BCUT2D eigenvalue weighted by atomic mass is 9.94. The Bertz CT molecular complexity index is 1260. The molecule has 3 aromatic rings. The lowest BCUT2D eigenvalue weighted by Crippen LogP contribution is -2.56. The standard InChI is InChI=1S/C29H34N6O2/c36-27-19-35(15-11-26(27)34-14-10-21-6-1-2-7-22(21)18-34)29(37)25-17-28(31-20-30-25)32-23-8-5-9-24(16-23)33-12-3-4-13-33/h1-2,5-9,16-17,20,26-27,36H,3-4,10-15,18-19H2,(H,30,31,32)/t26-,27-/m1/s1. The largest absolute Gasteiger partial charge is 0.390 e. The smallest absolute Gasteiger partial charge is 0.272 e. The van der Waals surface area contributed by atoms with Gasteiger partial charge in [-0.1, -0.05) is 30.3 Å². The second kappa shape index (κ2) is 10.5. The van der Waals surface area contributed by atoms with Gasteiger partial charge in [0.2, 0.25) is 0 Å². The number of rotatable bonds is 5. The topological polar surface area (TPSA) is 84.8 Å². The van der Waals surface area contributed by atoms with Crippen LogP contribution in [-0.4, -0.2) is 75.7 Å². The van der Waals surface area contributed by atoms with Gasteiger partial charge in [0.05, 0.1) is 6.10 Å². The lowest BCUT2D eigenvalue weighted by molar-refractivity contribution is -0.0139. The number of nitrogens with zero attached hydrogens (tertiary/aromatic N) is 5. The number of fused-ring (bicyclic) bond motifs is 1. The molecule has 192 valence electrons. The Labute approximate surface area is 217 Å². The molecule has 2 aromatic carbocycles. The molecule has 2 fully saturated rings. The van der Waals surface area contributed by atoms with Crippen LogP contribution in [0.15, 0.2) is 60.9 Å². The van der Waals surface area contributed by atoms with Crippen LogP contribution in [0.5, 0.6) is 0 Å². The Balaban J connectivity index is 1.09. The highest BCUT2D eigenvalue weighted by Gasteiger charge is 2.35. The van der Waals surface area contributed by atoms with Crippen molar-refractivity contribution in [3.05, 3.63) is 77.7 Å². The highest BCUT2D eigenvalue weighted by Crippen LogP contribution is 2.27. The second-order valence-corrected chi connectivity index (χ2v) is 10.3. The van der Waals surface area contributed by atoms with Gasteiger partial charge < -0.3 is 20.2 Å². The van der Waals surface area contributed by atoms with Crippen molar-refractivity contribution >= 4 is 23.1 Å². The van der Waals surface area contributed by atoms with Crippen molar-refractivity contribution in [1.82, 2.24) is 19.8 Å². The van der Waals surface area contributed by atoms with Crippen LogP contribution in [0.1, 0.15) is 40.9 Å². The summed E-state index contributed by atoms with van der Waals surface area (Å²) in [5, 5.41) is 14.3. The summed E-state index contributed by atoms with van der Waals surface area (Å²) >= 11 is 0. The number of aliphatic hydroxyl groups excluding tert-OH is 1. The Hall–Kier alpha value is -3.49. The van der Waals surface area contributed by atoms with Crippen LogP contribution in [0.2, 0.25) is 0 Å². The molecular formula is C29H34N6O2. The van der Waals surface area contributed by atoms with Crippen LogP contribution in [0, 0.1) is 0 Å². The van der Waals surface area contributed by atoms with Crippen molar-refractivity contribution in [2.45, 2.75) is 44.4 Å². The Morgan fingerprint density at radius 2 is 1.78 bits per heavy atom. The Kier molecular flexibility index (Phi) is 6.76. The lowest BCUT2D eigenvalue weighted by Gasteiger charge is -2.43. The minimum absolute atomic E-state index is 0.0583. The number of hydrogen-bond donors (Lipinski definition) is 2. The molecule has 4 heterocycles. The van der Waals surface area contributed by atoms with Crippen molar-refractivity contribution in [3.63, 3.8) is 0 Å². The quantitative estimate of drug-likeness (QED) is 0.557. The van der Waals surface area contributed by atoms with E-state index in [9.17, 15) is 9.90 Å². The molecule has 0 saturated carbocycles. The van der Waals surface area contributed by atoms with Crippen LogP contribution < -0.4 is 10.2 Å². The van der Waals surface area contributed by atoms with E-state index in [0.29, 0.717) is 24.6 Å². The van der Waals surface area contributed by atoms with Crippen molar-refractivity contribution in [2.24, 2.45) is 0 Å². The molecule has 2 saturated heterocycles. The van der Waals surface area contributed by atoms with E-state index in [4.69, 9.17) is 0 Å². The molecule has 1 aromatic heterocycles. The highest BCUT2D eigenvalue weighted by molar-refractivity contribution is 5.93. The fourth-order valence-electron chi connectivity index (χ4n) is 5.94. The molecule has 0 spiro atoms. The first-order valence-corrected chi connectivity index (χ1v) is 13.4. The number of carbonyl (C=O) groups excluding carboxylic acids is 1. The van der Waals surface area contributed by atoms with Crippen LogP contribution >= 0.6 is 0 Å². The molecule has 3 aliphatic heterocycles. The van der Waals surface area contributed by atoms with Crippen molar-refractivity contribution < 1.29 is 9.90 Å². The van der Waals surface area contributed by atoms with Gasteiger partial charge in [0.1, 0.15) is 17.8 Å². The molecule has 2 atom stereocenters. The maximum Gasteiger partial charge on any atom is 0.272 e. The van der Waals surface area contributed by atoms with E-state index in [1.807, 2.05) is 12.1 Å². The first-order chi connectivity index (χ1) is 18.1. The van der Waals surface area contributed by atoms with E-state index in [1.165, 1.54) is 36.0 Å². The van der Waals surface area contributed by atoms with Gasteiger partial charge in [-0.25, -0.2) is 9.97 Å². The molecule has 0 radical (unpaired) electrons. The van der Waals surface area contributed by atoms with E-state index in [1.54, 1.807) is 11.0 Å². The summed E-state index contributed by atoms with van der Waals surface area (Å²) < 4.78 is 0. The Morgan fingerprint density at radius 3 is 2.62 bits per heavy atom. The van der Waals surface area contributed by atoms with Gasteiger partial charge in [0.15, 0.2) is 0 Å². The van der Waals surface area contributed by atoms with Crippen LogP contribution in [0.4, 0.5) is 17.2 Å². The fourth-order valence-corrected chi connectivity index (χ4v) is 5.94. The second-order valence-electron chi connectivity index (χ2n) is 10.3. The van der Waals surface area contributed by atoms with Crippen LogP contribution in [0.25, 0.3) is 0 Å². The number of likely N-dealkylation sites (tertiary alicyclic amines) is 1. The molecule has 0 unspecified atom stereocenters. The molecule has 1 amide bonds. The van der Waals surface area contributed by atoms with Gasteiger partial charge >= 0.3 is 0 Å². The number of amides is 1. The van der Waals surface area contributed by atoms with Crippen molar-refractivity contribution in [1.29, 1.82) is 0 Å². The number of β-amino-alcohol motifs (C(OH)–C–C–N with tert-alkyl or cyclic N) is 1. The van der Waals surface area contributed by atoms with Crippen LogP contribution in [0.3, 0.4) is 0 Å². The third-order valence-electron chi connectivity index (χ3n) is 7.94. The summed E-state index contributed by atoms with van der Waals surface area (Å²) in [7, 11) is 0. The summed E-state index contributed by atoms with van der Waals surface area (Å²) in [4.78, 5) is 28.4. The molecule has 2 N–H and O–H groups in total. The third-order valence-corrected chi connectivity index (χ3v) is 7.94. The predicted molar refractivity (Wildman–Crippen MR) is 144 cm³/mol. The highest BCUT2D eigenvalue weighted by atomic mass is 16.3. The van der Waals surface area contributed by atoms with Gasteiger partial charge in [-0.2, -0.15) is 0 Å². The number of piperidine rings is 1. The molecule has 0 bridgehead atoms. The number of hydrogen-bond acceptors (Lipinski definition) is 7. The monoisotopic (exact) mass is 498 g/mol. The molecule has 37 heavy (non-hydrogen) atoms. The number of aliphatic hydroxyl groups is 1. The Morgan fingerprint density at radius 1 is 0.946 bits per heavy atom. The van der Waals surface area contributed by atoms with Crippen molar-refractivity contribution in [3.8, 4) is 0 Å². The number of carbonyl (C=O) groups is 1. The molecule has 8 nitrogen and oxygen atoms in total. The van der Waals surface area contributed by atoms with Gasteiger partial charge in [0, 0.05) is 62.8 Å². The van der Waals surface area contributed by atoms with Gasteiger partial charge in [0.25, 0.3) is 5.91 Å². The average Bonchev–Trinajstić information content (AvgIpc) is 3.48. The summed E-state index contributed by atoms with van der Waals surface area (Å²) in [6.07, 6.45) is 5.04.